The Kier molecular flexibility index (Phi) is 11.3. The standard InChI is InChI=1S/C72H46N8/c1-6-21-47(22-7-1)67-73-68(48-23-8-2-9-24-48)76-71(75-67)54-30-18-29-53(43-54)58-36-20-38-65-66(58)61-46-52(40-42-64(61)79(65)56-32-14-5-15-33-56)51-39-41-63-60(45-51)59-35-16-17-37-62(59)80(63)57-34-19-31-55(44-57)72-77-69(49-25-10-3-11-26-49)74-70(78-72)50-27-12-4-13-28-50/h1-46H. The lowest BCUT2D eigenvalue weighted by atomic mass is 9.96. The normalized spacial score (nSPS) is 11.5. The van der Waals surface area contributed by atoms with Gasteiger partial charge in [0, 0.05) is 66.3 Å². The van der Waals surface area contributed by atoms with E-state index in [1.54, 1.807) is 0 Å². The molecule has 0 spiro atoms. The molecular formula is C72H46N8. The first kappa shape index (κ1) is 46.4. The van der Waals surface area contributed by atoms with Crippen molar-refractivity contribution in [3.63, 3.8) is 0 Å². The van der Waals surface area contributed by atoms with Gasteiger partial charge in [-0.3, -0.25) is 0 Å². The fourth-order valence-electron chi connectivity index (χ4n) is 11.3. The molecule has 0 N–H and O–H groups in total. The van der Waals surface area contributed by atoms with E-state index in [-0.39, 0.29) is 0 Å². The summed E-state index contributed by atoms with van der Waals surface area (Å²) < 4.78 is 4.74. The second-order valence-corrected chi connectivity index (χ2v) is 19.9. The minimum atomic E-state index is 0.611. The highest BCUT2D eigenvalue weighted by molar-refractivity contribution is 6.17. The van der Waals surface area contributed by atoms with Crippen LogP contribution in [-0.4, -0.2) is 39.0 Å². The van der Waals surface area contributed by atoms with Crippen molar-refractivity contribution in [2.45, 2.75) is 0 Å². The predicted octanol–water partition coefficient (Wildman–Crippen LogP) is 17.6. The first-order chi connectivity index (χ1) is 39.6. The lowest BCUT2D eigenvalue weighted by molar-refractivity contribution is 1.07. The van der Waals surface area contributed by atoms with E-state index in [0.717, 1.165) is 99.8 Å². The van der Waals surface area contributed by atoms with Crippen molar-refractivity contribution in [2.75, 3.05) is 0 Å². The highest BCUT2D eigenvalue weighted by Gasteiger charge is 2.21. The third-order valence-corrected chi connectivity index (χ3v) is 15.0. The molecule has 0 saturated carbocycles. The van der Waals surface area contributed by atoms with Gasteiger partial charge in [-0.05, 0) is 89.0 Å². The van der Waals surface area contributed by atoms with Gasteiger partial charge >= 0.3 is 0 Å². The van der Waals surface area contributed by atoms with E-state index in [9.17, 15) is 0 Å². The van der Waals surface area contributed by atoms with Crippen LogP contribution in [0.5, 0.6) is 0 Å². The van der Waals surface area contributed by atoms with E-state index in [0.29, 0.717) is 34.9 Å². The molecule has 0 unspecified atom stereocenters. The summed E-state index contributed by atoms with van der Waals surface area (Å²) in [6.07, 6.45) is 0. The fourth-order valence-corrected chi connectivity index (χ4v) is 11.3. The average molecular weight is 1020 g/mol. The topological polar surface area (TPSA) is 87.2 Å². The number of para-hydroxylation sites is 2. The quantitative estimate of drug-likeness (QED) is 0.136. The summed E-state index contributed by atoms with van der Waals surface area (Å²) >= 11 is 0. The minimum absolute atomic E-state index is 0.611. The van der Waals surface area contributed by atoms with Gasteiger partial charge in [0.1, 0.15) is 0 Å². The first-order valence-corrected chi connectivity index (χ1v) is 26.8. The van der Waals surface area contributed by atoms with Crippen LogP contribution in [0, 0.1) is 0 Å². The lowest BCUT2D eigenvalue weighted by Gasteiger charge is -2.12. The molecule has 0 saturated heterocycles. The van der Waals surface area contributed by atoms with Crippen LogP contribution in [-0.2, 0) is 0 Å². The molecular weight excluding hydrogens is 977 g/mol. The summed E-state index contributed by atoms with van der Waals surface area (Å²) in [5, 5.41) is 4.65. The van der Waals surface area contributed by atoms with Gasteiger partial charge in [0.15, 0.2) is 34.9 Å². The molecule has 11 aromatic carbocycles. The largest absolute Gasteiger partial charge is 0.309 e. The van der Waals surface area contributed by atoms with Crippen LogP contribution in [0.1, 0.15) is 0 Å². The van der Waals surface area contributed by atoms with Crippen molar-refractivity contribution in [3.05, 3.63) is 279 Å². The Hall–Kier alpha value is -11.0. The monoisotopic (exact) mass is 1020 g/mol. The van der Waals surface area contributed by atoms with Crippen LogP contribution in [0.3, 0.4) is 0 Å². The number of hydrogen-bond acceptors (Lipinski definition) is 6. The second kappa shape index (κ2) is 19.6. The first-order valence-electron chi connectivity index (χ1n) is 26.8. The minimum Gasteiger partial charge on any atom is -0.309 e. The molecule has 8 heteroatoms. The molecule has 0 aliphatic rings. The maximum absolute atomic E-state index is 5.10. The van der Waals surface area contributed by atoms with E-state index >= 15 is 0 Å². The van der Waals surface area contributed by atoms with E-state index in [2.05, 4.69) is 167 Å². The summed E-state index contributed by atoms with van der Waals surface area (Å²) in [6, 6.07) is 97.4. The van der Waals surface area contributed by atoms with Crippen molar-refractivity contribution in [2.24, 2.45) is 0 Å². The maximum atomic E-state index is 5.10. The summed E-state index contributed by atoms with van der Waals surface area (Å²) in [4.78, 5) is 30.3. The molecule has 0 bridgehead atoms. The van der Waals surface area contributed by atoms with Gasteiger partial charge in [0.25, 0.3) is 0 Å². The molecule has 374 valence electrons. The lowest BCUT2D eigenvalue weighted by Crippen LogP contribution is -2.01. The SMILES string of the molecule is c1ccc(-c2nc(-c3ccccc3)nc(-c3cccc(-c4cccc5c4c4cc(-c6ccc7c(c6)c6ccccc6n7-c6cccc(-c7nc(-c8ccccc8)nc(-c8ccccc8)n7)c6)ccc4n5-c4ccccc4)c3)n2)cc1. The van der Waals surface area contributed by atoms with Gasteiger partial charge in [0.05, 0.1) is 22.1 Å². The second-order valence-electron chi connectivity index (χ2n) is 19.9. The van der Waals surface area contributed by atoms with E-state index in [1.807, 2.05) is 121 Å². The zero-order valence-electron chi connectivity index (χ0n) is 43.1. The third kappa shape index (κ3) is 8.27. The Morgan fingerprint density at radius 3 is 1.11 bits per heavy atom. The molecule has 80 heavy (non-hydrogen) atoms. The Morgan fingerprint density at radius 1 is 0.200 bits per heavy atom. The molecule has 0 aliphatic heterocycles. The molecule has 0 radical (unpaired) electrons. The molecule has 15 aromatic rings. The van der Waals surface area contributed by atoms with Gasteiger partial charge < -0.3 is 9.13 Å². The van der Waals surface area contributed by atoms with E-state index in [4.69, 9.17) is 29.9 Å². The number of rotatable bonds is 10. The Bertz CT molecular complexity index is 4690. The summed E-state index contributed by atoms with van der Waals surface area (Å²) in [5.74, 6) is 3.74. The number of aromatic nitrogens is 8. The predicted molar refractivity (Wildman–Crippen MR) is 325 cm³/mol. The van der Waals surface area contributed by atoms with Crippen molar-refractivity contribution < 1.29 is 0 Å². The van der Waals surface area contributed by atoms with Gasteiger partial charge in [-0.25, -0.2) is 29.9 Å². The summed E-state index contributed by atoms with van der Waals surface area (Å²) in [7, 11) is 0. The number of hydrogen-bond donors (Lipinski definition) is 0. The Balaban J connectivity index is 0.860. The van der Waals surface area contributed by atoms with Crippen molar-refractivity contribution in [3.8, 4) is 102 Å². The van der Waals surface area contributed by atoms with Crippen LogP contribution < -0.4 is 0 Å². The van der Waals surface area contributed by atoms with Crippen molar-refractivity contribution in [1.29, 1.82) is 0 Å². The zero-order valence-corrected chi connectivity index (χ0v) is 43.1. The van der Waals surface area contributed by atoms with Crippen LogP contribution >= 0.6 is 0 Å². The van der Waals surface area contributed by atoms with E-state index < -0.39 is 0 Å². The summed E-state index contributed by atoms with van der Waals surface area (Å²) in [6.45, 7) is 0. The number of nitrogens with zero attached hydrogens (tertiary/aromatic N) is 8. The third-order valence-electron chi connectivity index (χ3n) is 15.0. The average Bonchev–Trinajstić information content (AvgIpc) is 4.13. The molecule has 0 atom stereocenters. The van der Waals surface area contributed by atoms with Gasteiger partial charge in [-0.15, -0.1) is 0 Å². The molecule has 0 fully saturated rings. The Morgan fingerprint density at radius 2 is 0.562 bits per heavy atom. The van der Waals surface area contributed by atoms with Crippen LogP contribution in [0.15, 0.2) is 279 Å². The molecule has 0 aliphatic carbocycles. The van der Waals surface area contributed by atoms with Crippen LogP contribution in [0.4, 0.5) is 0 Å². The smallest absolute Gasteiger partial charge is 0.164 e. The molecule has 15 rings (SSSR count). The van der Waals surface area contributed by atoms with Crippen molar-refractivity contribution in [1.82, 2.24) is 39.0 Å². The highest BCUT2D eigenvalue weighted by Crippen LogP contribution is 2.43. The van der Waals surface area contributed by atoms with Crippen LogP contribution in [0.25, 0.3) is 146 Å². The van der Waals surface area contributed by atoms with Gasteiger partial charge in [-0.2, -0.15) is 0 Å². The number of fused-ring (bicyclic) bond motifs is 6. The van der Waals surface area contributed by atoms with Gasteiger partial charge in [0.2, 0.25) is 0 Å². The van der Waals surface area contributed by atoms with Crippen molar-refractivity contribution >= 4 is 43.6 Å². The molecule has 4 heterocycles. The Labute approximate surface area is 461 Å². The molecule has 8 nitrogen and oxygen atoms in total. The fraction of sp³-hybridized carbons (Fsp3) is 0. The number of benzene rings is 11. The zero-order chi connectivity index (χ0) is 52.9. The molecule has 0 amide bonds. The van der Waals surface area contributed by atoms with Crippen LogP contribution in [0.2, 0.25) is 0 Å². The molecule has 4 aromatic heterocycles. The maximum Gasteiger partial charge on any atom is 0.164 e. The van der Waals surface area contributed by atoms with Gasteiger partial charge in [-0.1, -0.05) is 212 Å². The van der Waals surface area contributed by atoms with E-state index in [1.165, 1.54) is 10.8 Å². The summed E-state index contributed by atoms with van der Waals surface area (Å²) in [5.41, 5.74) is 16.5. The highest BCUT2D eigenvalue weighted by atomic mass is 15.0.